The predicted octanol–water partition coefficient (Wildman–Crippen LogP) is -0.880. The molecular formula is C11H13N3O5. The average molecular weight is 267 g/mol. The zero-order chi connectivity index (χ0) is 14.2. The highest BCUT2D eigenvalue weighted by atomic mass is 16.5. The molecule has 8 heteroatoms. The van der Waals surface area contributed by atoms with Crippen molar-refractivity contribution >= 4 is 11.9 Å². The molecule has 1 aromatic heterocycles. The largest absolute Gasteiger partial charge is 0.506 e. The molecule has 0 fully saturated rings. The number of nitrogen functional groups attached to an aromatic ring is 1. The van der Waals surface area contributed by atoms with Gasteiger partial charge in [0.1, 0.15) is 12.4 Å². The van der Waals surface area contributed by atoms with Gasteiger partial charge >= 0.3 is 5.69 Å². The second kappa shape index (κ2) is 4.75. The fourth-order valence-corrected chi connectivity index (χ4v) is 1.73. The van der Waals surface area contributed by atoms with E-state index in [4.69, 9.17) is 15.6 Å². The maximum Gasteiger partial charge on any atom is 0.352 e. The van der Waals surface area contributed by atoms with Crippen LogP contribution in [0.25, 0.3) is 6.08 Å². The summed E-state index contributed by atoms with van der Waals surface area (Å²) in [6, 6.07) is 0. The van der Waals surface area contributed by atoms with E-state index >= 15 is 0 Å². The highest BCUT2D eigenvalue weighted by Crippen LogP contribution is 2.30. The number of hydrogen-bond donors (Lipinski definition) is 4. The van der Waals surface area contributed by atoms with Gasteiger partial charge in [0.15, 0.2) is 17.6 Å². The normalized spacial score (nSPS) is 22.4. The Balaban J connectivity index is 2.45. The lowest BCUT2D eigenvalue weighted by Gasteiger charge is -2.18. The number of anilines is 1. The molecular weight excluding hydrogens is 254 g/mol. The molecule has 0 aliphatic carbocycles. The quantitative estimate of drug-likeness (QED) is 0.559. The fourth-order valence-electron chi connectivity index (χ4n) is 1.73. The minimum absolute atomic E-state index is 0.00306. The van der Waals surface area contributed by atoms with E-state index in [1.165, 1.54) is 12.3 Å². The zero-order valence-electron chi connectivity index (χ0n) is 9.85. The average Bonchev–Trinajstić information content (AvgIpc) is 2.67. The molecule has 1 aromatic rings. The highest BCUT2D eigenvalue weighted by Gasteiger charge is 2.37. The fraction of sp³-hybridized carbons (Fsp3) is 0.273. The summed E-state index contributed by atoms with van der Waals surface area (Å²) in [4.78, 5) is 15.3. The Hall–Kier alpha value is -2.32. The molecule has 0 amide bonds. The summed E-state index contributed by atoms with van der Waals surface area (Å²) in [6.07, 6.45) is 0.0170. The molecule has 0 spiro atoms. The smallest absolute Gasteiger partial charge is 0.352 e. The van der Waals surface area contributed by atoms with Gasteiger partial charge in [-0.15, -0.1) is 0 Å². The van der Waals surface area contributed by atoms with Gasteiger partial charge in [-0.1, -0.05) is 12.7 Å². The van der Waals surface area contributed by atoms with Gasteiger partial charge in [0.05, 0.1) is 0 Å². The number of aromatic nitrogens is 2. The van der Waals surface area contributed by atoms with E-state index in [0.29, 0.717) is 5.56 Å². The van der Waals surface area contributed by atoms with Crippen LogP contribution in [0.5, 0.6) is 0 Å². The molecule has 102 valence electrons. The number of aliphatic hydroxyl groups is 3. The molecule has 2 heterocycles. The number of aliphatic hydroxyl groups excluding tert-OH is 3. The van der Waals surface area contributed by atoms with Crippen molar-refractivity contribution in [1.29, 1.82) is 0 Å². The van der Waals surface area contributed by atoms with E-state index in [1.807, 2.05) is 0 Å². The predicted molar refractivity (Wildman–Crippen MR) is 65.9 cm³/mol. The molecule has 0 bridgehead atoms. The van der Waals surface area contributed by atoms with Crippen LogP contribution in [0, 0.1) is 0 Å². The van der Waals surface area contributed by atoms with Crippen LogP contribution < -0.4 is 11.4 Å². The number of ether oxygens (including phenoxy) is 1. The molecule has 0 saturated carbocycles. The Labute approximate surface area is 107 Å². The minimum atomic E-state index is -1.47. The van der Waals surface area contributed by atoms with Crippen LogP contribution >= 0.6 is 0 Å². The maximum atomic E-state index is 11.7. The van der Waals surface area contributed by atoms with E-state index in [1.54, 1.807) is 0 Å². The first-order valence-corrected chi connectivity index (χ1v) is 5.38. The third-order valence-corrected chi connectivity index (χ3v) is 2.75. The van der Waals surface area contributed by atoms with Gasteiger partial charge in [0, 0.05) is 11.8 Å². The van der Waals surface area contributed by atoms with Gasteiger partial charge in [0.25, 0.3) is 0 Å². The van der Waals surface area contributed by atoms with E-state index in [-0.39, 0.29) is 11.6 Å². The molecule has 0 saturated heterocycles. The van der Waals surface area contributed by atoms with E-state index < -0.39 is 30.4 Å². The Kier molecular flexibility index (Phi) is 3.28. The molecule has 5 N–H and O–H groups in total. The Bertz CT molecular complexity index is 607. The molecule has 2 atom stereocenters. The number of nitrogens with two attached hydrogens (primary N) is 1. The van der Waals surface area contributed by atoms with E-state index in [2.05, 4.69) is 11.6 Å². The van der Waals surface area contributed by atoms with E-state index in [9.17, 15) is 15.0 Å². The van der Waals surface area contributed by atoms with Gasteiger partial charge in [-0.2, -0.15) is 4.98 Å². The SMILES string of the molecule is C=Cc1cn([C@@H]2OC(CO)=C(O)C2O)c(=O)nc1N. The number of hydrogen-bond acceptors (Lipinski definition) is 7. The third kappa shape index (κ3) is 2.07. The first-order chi connectivity index (χ1) is 8.99. The van der Waals surface area contributed by atoms with Crippen molar-refractivity contribution < 1.29 is 20.1 Å². The number of nitrogens with zero attached hydrogens (tertiary/aromatic N) is 2. The molecule has 1 aliphatic heterocycles. The summed E-state index contributed by atoms with van der Waals surface area (Å²) < 4.78 is 6.09. The first kappa shape index (κ1) is 13.1. The lowest BCUT2D eigenvalue weighted by molar-refractivity contribution is -0.0171. The summed E-state index contributed by atoms with van der Waals surface area (Å²) in [5, 5.41) is 28.2. The second-order valence-electron chi connectivity index (χ2n) is 3.90. The molecule has 0 radical (unpaired) electrons. The zero-order valence-corrected chi connectivity index (χ0v) is 9.85. The summed E-state index contributed by atoms with van der Waals surface area (Å²) in [6.45, 7) is 2.92. The lowest BCUT2D eigenvalue weighted by atomic mass is 10.2. The van der Waals surface area contributed by atoms with Crippen LogP contribution in [0.2, 0.25) is 0 Å². The molecule has 0 aromatic carbocycles. The second-order valence-corrected chi connectivity index (χ2v) is 3.90. The van der Waals surface area contributed by atoms with Crippen LogP contribution in [-0.4, -0.2) is 37.6 Å². The first-order valence-electron chi connectivity index (χ1n) is 5.38. The number of rotatable bonds is 3. The van der Waals surface area contributed by atoms with Crippen molar-refractivity contribution in [1.82, 2.24) is 9.55 Å². The minimum Gasteiger partial charge on any atom is -0.506 e. The van der Waals surface area contributed by atoms with Crippen molar-refractivity contribution in [2.24, 2.45) is 0 Å². The Morgan fingerprint density at radius 2 is 2.32 bits per heavy atom. The molecule has 8 nitrogen and oxygen atoms in total. The monoisotopic (exact) mass is 267 g/mol. The summed E-state index contributed by atoms with van der Waals surface area (Å²) in [5.74, 6) is -0.707. The van der Waals surface area contributed by atoms with Gasteiger partial charge in [-0.3, -0.25) is 4.57 Å². The Morgan fingerprint density at radius 3 is 2.84 bits per heavy atom. The van der Waals surface area contributed by atoms with Crippen molar-refractivity contribution in [3.05, 3.63) is 40.3 Å². The standard InChI is InChI=1S/C11H13N3O5/c1-2-5-3-14(11(18)13-9(5)12)10-8(17)7(16)6(4-15)19-10/h2-3,8,10,15-17H,1,4H2,(H2,12,13,18)/t8?,10-/m1/s1. The molecule has 19 heavy (non-hydrogen) atoms. The van der Waals surface area contributed by atoms with Crippen LogP contribution in [-0.2, 0) is 4.74 Å². The van der Waals surface area contributed by atoms with Gasteiger partial charge < -0.3 is 25.8 Å². The van der Waals surface area contributed by atoms with Crippen LogP contribution in [0.4, 0.5) is 5.82 Å². The van der Waals surface area contributed by atoms with Crippen molar-refractivity contribution in [2.45, 2.75) is 12.3 Å². The Morgan fingerprint density at radius 1 is 1.63 bits per heavy atom. The summed E-state index contributed by atoms with van der Waals surface area (Å²) >= 11 is 0. The molecule has 2 rings (SSSR count). The summed E-state index contributed by atoms with van der Waals surface area (Å²) in [7, 11) is 0. The lowest BCUT2D eigenvalue weighted by Crippen LogP contribution is -2.33. The van der Waals surface area contributed by atoms with Crippen molar-refractivity contribution in [3.8, 4) is 0 Å². The van der Waals surface area contributed by atoms with Crippen LogP contribution in [0.3, 0.4) is 0 Å². The summed E-state index contributed by atoms with van der Waals surface area (Å²) in [5.41, 5.74) is 5.15. The van der Waals surface area contributed by atoms with E-state index in [0.717, 1.165) is 4.57 Å². The van der Waals surface area contributed by atoms with Crippen molar-refractivity contribution in [2.75, 3.05) is 12.3 Å². The maximum absolute atomic E-state index is 11.7. The van der Waals surface area contributed by atoms with Gasteiger partial charge in [0.2, 0.25) is 6.23 Å². The topological polar surface area (TPSA) is 131 Å². The molecule has 1 aliphatic rings. The van der Waals surface area contributed by atoms with Crippen LogP contribution in [0.1, 0.15) is 11.8 Å². The highest BCUT2D eigenvalue weighted by molar-refractivity contribution is 5.57. The molecule has 1 unspecified atom stereocenters. The van der Waals surface area contributed by atoms with Crippen molar-refractivity contribution in [3.63, 3.8) is 0 Å². The van der Waals surface area contributed by atoms with Gasteiger partial charge in [-0.25, -0.2) is 4.79 Å². The van der Waals surface area contributed by atoms with Crippen LogP contribution in [0.15, 0.2) is 29.1 Å². The van der Waals surface area contributed by atoms with Gasteiger partial charge in [-0.05, 0) is 0 Å². The third-order valence-electron chi connectivity index (χ3n) is 2.75.